The second-order valence-corrected chi connectivity index (χ2v) is 5.83. The van der Waals surface area contributed by atoms with E-state index in [0.717, 1.165) is 17.0 Å². The highest BCUT2D eigenvalue weighted by atomic mass is 32.2. The Morgan fingerprint density at radius 2 is 1.96 bits per heavy atom. The van der Waals surface area contributed by atoms with E-state index in [1.54, 1.807) is 30.3 Å². The van der Waals surface area contributed by atoms with Crippen molar-refractivity contribution in [3.05, 3.63) is 63.7 Å². The number of carbonyl (C=O) groups excluding carboxylic acids is 2. The van der Waals surface area contributed by atoms with Gasteiger partial charge in [-0.25, -0.2) is 4.79 Å². The largest absolute Gasteiger partial charge is 0.452 e. The second kappa shape index (κ2) is 8.64. The predicted molar refractivity (Wildman–Crippen MR) is 94.9 cm³/mol. The molecule has 1 amide bonds. The Morgan fingerprint density at radius 1 is 1.27 bits per heavy atom. The fraction of sp³-hybridized carbons (Fsp3) is 0.118. The minimum absolute atomic E-state index is 0.0634. The number of nitrogens with zero attached hydrogens (tertiary/aromatic N) is 2. The maximum Gasteiger partial charge on any atom is 0.338 e. The Kier molecular flexibility index (Phi) is 6.30. The lowest BCUT2D eigenvalue weighted by Gasteiger charge is -2.08. The van der Waals surface area contributed by atoms with Crippen molar-refractivity contribution in [1.29, 1.82) is 5.26 Å². The fourth-order valence-corrected chi connectivity index (χ4v) is 2.38. The van der Waals surface area contributed by atoms with Crippen LogP contribution in [0.25, 0.3) is 0 Å². The van der Waals surface area contributed by atoms with E-state index in [1.807, 2.05) is 6.26 Å². The Balaban J connectivity index is 1.97. The maximum absolute atomic E-state index is 11.9. The molecule has 0 fully saturated rings. The maximum atomic E-state index is 11.9. The number of carbonyl (C=O) groups is 2. The second-order valence-electron chi connectivity index (χ2n) is 4.95. The number of hydrogen-bond acceptors (Lipinski definition) is 7. The SMILES string of the molecule is CSc1ccc(C(=O)OCC(=O)Nc2ccc([N+](=O)[O-])cc2C#N)cc1. The molecule has 8 nitrogen and oxygen atoms in total. The van der Waals surface area contributed by atoms with Crippen molar-refractivity contribution >= 4 is 35.0 Å². The number of hydrogen-bond donors (Lipinski definition) is 1. The molecule has 1 N–H and O–H groups in total. The van der Waals surface area contributed by atoms with Gasteiger partial charge in [0.05, 0.1) is 21.7 Å². The van der Waals surface area contributed by atoms with E-state index >= 15 is 0 Å². The van der Waals surface area contributed by atoms with Gasteiger partial charge in [0.25, 0.3) is 11.6 Å². The first kappa shape index (κ1) is 19.0. The number of thioether (sulfide) groups is 1. The van der Waals surface area contributed by atoms with Gasteiger partial charge in [-0.15, -0.1) is 11.8 Å². The van der Waals surface area contributed by atoms with Crippen molar-refractivity contribution in [2.45, 2.75) is 4.90 Å². The van der Waals surface area contributed by atoms with Gasteiger partial charge < -0.3 is 10.1 Å². The molecule has 0 aliphatic rings. The third-order valence-corrected chi connectivity index (χ3v) is 4.01. The minimum atomic E-state index is -0.663. The van der Waals surface area contributed by atoms with Crippen LogP contribution in [0.5, 0.6) is 0 Å². The van der Waals surface area contributed by atoms with Crippen LogP contribution in [-0.2, 0) is 9.53 Å². The van der Waals surface area contributed by atoms with Crippen LogP contribution in [0, 0.1) is 21.4 Å². The molecule has 0 heterocycles. The summed E-state index contributed by atoms with van der Waals surface area (Å²) in [7, 11) is 0. The first-order valence-electron chi connectivity index (χ1n) is 7.24. The van der Waals surface area contributed by atoms with Crippen molar-refractivity contribution in [3.8, 4) is 6.07 Å². The molecule has 0 radical (unpaired) electrons. The Bertz CT molecular complexity index is 890. The summed E-state index contributed by atoms with van der Waals surface area (Å²) in [6, 6.07) is 11.9. The van der Waals surface area contributed by atoms with Gasteiger partial charge in [-0.1, -0.05) is 0 Å². The molecule has 2 aromatic carbocycles. The van der Waals surface area contributed by atoms with Crippen molar-refractivity contribution in [2.24, 2.45) is 0 Å². The van der Waals surface area contributed by atoms with Gasteiger partial charge in [-0.05, 0) is 36.6 Å². The molecule has 26 heavy (non-hydrogen) atoms. The van der Waals surface area contributed by atoms with Crippen molar-refractivity contribution in [1.82, 2.24) is 0 Å². The monoisotopic (exact) mass is 371 g/mol. The van der Waals surface area contributed by atoms with Crippen molar-refractivity contribution < 1.29 is 19.2 Å². The van der Waals surface area contributed by atoms with Gasteiger partial charge in [0.1, 0.15) is 6.07 Å². The smallest absolute Gasteiger partial charge is 0.338 e. The van der Waals surface area contributed by atoms with E-state index in [2.05, 4.69) is 5.32 Å². The minimum Gasteiger partial charge on any atom is -0.452 e. The quantitative estimate of drug-likeness (QED) is 0.358. The highest BCUT2D eigenvalue weighted by Crippen LogP contribution is 2.21. The molecule has 0 unspecified atom stereocenters. The first-order chi connectivity index (χ1) is 12.4. The van der Waals surface area contributed by atoms with E-state index in [-0.39, 0.29) is 16.9 Å². The molecule has 9 heteroatoms. The molecule has 2 aromatic rings. The zero-order valence-corrected chi connectivity index (χ0v) is 14.4. The molecule has 0 aromatic heterocycles. The van der Waals surface area contributed by atoms with Crippen LogP contribution < -0.4 is 5.32 Å². The van der Waals surface area contributed by atoms with E-state index in [4.69, 9.17) is 10.00 Å². The summed E-state index contributed by atoms with van der Waals surface area (Å²) >= 11 is 1.53. The summed E-state index contributed by atoms with van der Waals surface area (Å²) in [4.78, 5) is 34.9. The van der Waals surface area contributed by atoms with Crippen molar-refractivity contribution in [2.75, 3.05) is 18.2 Å². The van der Waals surface area contributed by atoms with Crippen LogP contribution in [0.15, 0.2) is 47.4 Å². The molecule has 0 saturated heterocycles. The lowest BCUT2D eigenvalue weighted by Crippen LogP contribution is -2.21. The van der Waals surface area contributed by atoms with Gasteiger partial charge in [0.2, 0.25) is 0 Å². The molecule has 2 rings (SSSR count). The Labute approximate surface area is 152 Å². The van der Waals surface area contributed by atoms with E-state index in [0.29, 0.717) is 5.56 Å². The summed E-state index contributed by atoms with van der Waals surface area (Å²) in [6.45, 7) is -0.551. The molecule has 0 spiro atoms. The summed E-state index contributed by atoms with van der Waals surface area (Å²) in [5.74, 6) is -1.32. The van der Waals surface area contributed by atoms with Gasteiger partial charge in [0.15, 0.2) is 6.61 Å². The fourth-order valence-electron chi connectivity index (χ4n) is 1.98. The van der Waals surface area contributed by atoms with Gasteiger partial charge >= 0.3 is 5.97 Å². The predicted octanol–water partition coefficient (Wildman–Crippen LogP) is 2.98. The zero-order valence-electron chi connectivity index (χ0n) is 13.6. The number of nitro groups is 1. The van der Waals surface area contributed by atoms with E-state index < -0.39 is 23.4 Å². The van der Waals surface area contributed by atoms with Crippen LogP contribution in [-0.4, -0.2) is 29.7 Å². The zero-order chi connectivity index (χ0) is 19.1. The number of rotatable bonds is 6. The number of nitro benzene ring substituents is 1. The summed E-state index contributed by atoms with van der Waals surface area (Å²) < 4.78 is 4.92. The summed E-state index contributed by atoms with van der Waals surface area (Å²) in [5.41, 5.74) is 0.0818. The van der Waals surface area contributed by atoms with Crippen molar-refractivity contribution in [3.63, 3.8) is 0 Å². The Hall–Kier alpha value is -3.38. The average molecular weight is 371 g/mol. The molecule has 0 atom stereocenters. The third-order valence-electron chi connectivity index (χ3n) is 3.27. The average Bonchev–Trinajstić information content (AvgIpc) is 2.66. The van der Waals surface area contributed by atoms with Crippen LogP contribution in [0.3, 0.4) is 0 Å². The van der Waals surface area contributed by atoms with Crippen LogP contribution in [0.2, 0.25) is 0 Å². The van der Waals surface area contributed by atoms with E-state index in [9.17, 15) is 19.7 Å². The highest BCUT2D eigenvalue weighted by Gasteiger charge is 2.14. The summed E-state index contributed by atoms with van der Waals surface area (Å²) in [5, 5.41) is 22.1. The molecule has 0 aliphatic carbocycles. The van der Waals surface area contributed by atoms with Crippen LogP contribution >= 0.6 is 11.8 Å². The number of anilines is 1. The van der Waals surface area contributed by atoms with E-state index in [1.165, 1.54) is 17.8 Å². The third kappa shape index (κ3) is 4.81. The molecular weight excluding hydrogens is 358 g/mol. The molecule has 0 aliphatic heterocycles. The normalized spacial score (nSPS) is 9.85. The highest BCUT2D eigenvalue weighted by molar-refractivity contribution is 7.98. The first-order valence-corrected chi connectivity index (χ1v) is 8.46. The number of nitrogens with one attached hydrogen (secondary N) is 1. The number of esters is 1. The number of ether oxygens (including phenoxy) is 1. The van der Waals surface area contributed by atoms with Crippen LogP contribution in [0.1, 0.15) is 15.9 Å². The molecule has 0 saturated carbocycles. The number of non-ortho nitro benzene ring substituents is 1. The number of amides is 1. The topological polar surface area (TPSA) is 122 Å². The molecule has 0 bridgehead atoms. The standard InChI is InChI=1S/C17H13N3O5S/c1-26-14-5-2-11(3-6-14)17(22)25-10-16(21)19-15-7-4-13(20(23)24)8-12(15)9-18/h2-8H,10H2,1H3,(H,19,21). The lowest BCUT2D eigenvalue weighted by molar-refractivity contribution is -0.384. The Morgan fingerprint density at radius 3 is 2.54 bits per heavy atom. The van der Waals surface area contributed by atoms with Crippen LogP contribution in [0.4, 0.5) is 11.4 Å². The summed E-state index contributed by atoms with van der Waals surface area (Å²) in [6.07, 6.45) is 1.91. The van der Waals surface area contributed by atoms with Gasteiger partial charge in [0, 0.05) is 17.0 Å². The molecular formula is C17H13N3O5S. The van der Waals surface area contributed by atoms with Gasteiger partial charge in [-0.2, -0.15) is 5.26 Å². The number of nitriles is 1. The number of benzene rings is 2. The lowest BCUT2D eigenvalue weighted by atomic mass is 10.1. The van der Waals surface area contributed by atoms with Gasteiger partial charge in [-0.3, -0.25) is 14.9 Å². The molecule has 132 valence electrons.